The van der Waals surface area contributed by atoms with Crippen molar-refractivity contribution < 1.29 is 4.79 Å². The predicted octanol–water partition coefficient (Wildman–Crippen LogP) is 3.29. The van der Waals surface area contributed by atoms with Gasteiger partial charge in [-0.15, -0.1) is 0 Å². The van der Waals surface area contributed by atoms with Crippen LogP contribution in [0.4, 0.5) is 17.2 Å². The highest BCUT2D eigenvalue weighted by molar-refractivity contribution is 6.39. The lowest BCUT2D eigenvalue weighted by Crippen LogP contribution is -2.14. The number of aromatic nitrogens is 1. The molecular weight excluding hydrogens is 311 g/mol. The minimum Gasteiger partial charge on any atom is -0.396 e. The molecule has 5 nitrogen and oxygen atoms in total. The van der Waals surface area contributed by atoms with Crippen molar-refractivity contribution in [1.29, 1.82) is 0 Å². The highest BCUT2D eigenvalue weighted by Gasteiger charge is 2.11. The molecule has 0 atom stereocenters. The van der Waals surface area contributed by atoms with Gasteiger partial charge in [-0.1, -0.05) is 23.2 Å². The van der Waals surface area contributed by atoms with Crippen LogP contribution < -0.4 is 16.0 Å². The van der Waals surface area contributed by atoms with E-state index in [0.29, 0.717) is 11.3 Å². The molecule has 0 fully saturated rings. The Balaban J connectivity index is 2.18. The zero-order valence-corrected chi connectivity index (χ0v) is 13.0. The SMILES string of the molecule is CN(C)c1ccc(NC(=O)c2cc(Cl)c(N)c(Cl)c2)cn1. The van der Waals surface area contributed by atoms with Crippen LogP contribution in [0.2, 0.25) is 10.0 Å². The largest absolute Gasteiger partial charge is 0.396 e. The Labute approximate surface area is 132 Å². The van der Waals surface area contributed by atoms with Gasteiger partial charge in [-0.3, -0.25) is 4.79 Å². The quantitative estimate of drug-likeness (QED) is 0.850. The molecule has 0 aliphatic heterocycles. The highest BCUT2D eigenvalue weighted by atomic mass is 35.5. The average molecular weight is 325 g/mol. The molecule has 0 bridgehead atoms. The fraction of sp³-hybridized carbons (Fsp3) is 0.143. The molecule has 110 valence electrons. The molecule has 7 heteroatoms. The minimum atomic E-state index is -0.335. The fourth-order valence-corrected chi connectivity index (χ4v) is 2.13. The first-order chi connectivity index (χ1) is 9.88. The van der Waals surface area contributed by atoms with Crippen LogP contribution in [0.5, 0.6) is 0 Å². The third kappa shape index (κ3) is 3.56. The monoisotopic (exact) mass is 324 g/mol. The van der Waals surface area contributed by atoms with Crippen molar-refractivity contribution in [2.75, 3.05) is 30.0 Å². The molecule has 0 radical (unpaired) electrons. The van der Waals surface area contributed by atoms with Crippen LogP contribution in [-0.2, 0) is 0 Å². The van der Waals surface area contributed by atoms with Crippen molar-refractivity contribution in [2.45, 2.75) is 0 Å². The summed E-state index contributed by atoms with van der Waals surface area (Å²) in [6, 6.07) is 6.51. The number of pyridine rings is 1. The lowest BCUT2D eigenvalue weighted by Gasteiger charge is -2.12. The number of carbonyl (C=O) groups excluding carboxylic acids is 1. The van der Waals surface area contributed by atoms with Gasteiger partial charge in [0.1, 0.15) is 5.82 Å². The maximum absolute atomic E-state index is 12.1. The minimum absolute atomic E-state index is 0.244. The summed E-state index contributed by atoms with van der Waals surface area (Å²) >= 11 is 11.8. The molecule has 0 unspecified atom stereocenters. The van der Waals surface area contributed by atoms with E-state index in [-0.39, 0.29) is 21.6 Å². The average Bonchev–Trinajstić information content (AvgIpc) is 2.44. The molecular formula is C14H14Cl2N4O. The van der Waals surface area contributed by atoms with Gasteiger partial charge in [-0.05, 0) is 24.3 Å². The van der Waals surface area contributed by atoms with Crippen LogP contribution in [0, 0.1) is 0 Å². The molecule has 3 N–H and O–H groups in total. The van der Waals surface area contributed by atoms with Gasteiger partial charge in [0.15, 0.2) is 0 Å². The van der Waals surface area contributed by atoms with E-state index in [1.807, 2.05) is 19.0 Å². The maximum Gasteiger partial charge on any atom is 0.255 e. The summed E-state index contributed by atoms with van der Waals surface area (Å²) in [6.45, 7) is 0. The van der Waals surface area contributed by atoms with Crippen LogP contribution in [0.15, 0.2) is 30.5 Å². The number of nitrogens with one attached hydrogen (secondary N) is 1. The van der Waals surface area contributed by atoms with Crippen molar-refractivity contribution >= 4 is 46.3 Å². The number of nitrogens with two attached hydrogens (primary N) is 1. The third-order valence-electron chi connectivity index (χ3n) is 2.81. The lowest BCUT2D eigenvalue weighted by molar-refractivity contribution is 0.102. The van der Waals surface area contributed by atoms with E-state index in [2.05, 4.69) is 10.3 Å². The molecule has 0 saturated carbocycles. The van der Waals surface area contributed by atoms with E-state index in [4.69, 9.17) is 28.9 Å². The molecule has 0 saturated heterocycles. The Kier molecular flexibility index (Phi) is 4.55. The number of carbonyl (C=O) groups is 1. The van der Waals surface area contributed by atoms with Crippen LogP contribution >= 0.6 is 23.2 Å². The summed E-state index contributed by atoms with van der Waals surface area (Å²) in [5.41, 5.74) is 6.80. The summed E-state index contributed by atoms with van der Waals surface area (Å²) in [7, 11) is 3.78. The molecule has 1 heterocycles. The Morgan fingerprint density at radius 3 is 2.33 bits per heavy atom. The topological polar surface area (TPSA) is 71.2 Å². The van der Waals surface area contributed by atoms with Gasteiger partial charge in [-0.25, -0.2) is 4.98 Å². The third-order valence-corrected chi connectivity index (χ3v) is 3.43. The number of halogens is 2. The second-order valence-corrected chi connectivity index (χ2v) is 5.42. The van der Waals surface area contributed by atoms with Crippen molar-refractivity contribution in [2.24, 2.45) is 0 Å². The van der Waals surface area contributed by atoms with E-state index in [1.54, 1.807) is 18.3 Å². The van der Waals surface area contributed by atoms with E-state index in [1.165, 1.54) is 12.1 Å². The predicted molar refractivity (Wildman–Crippen MR) is 87.4 cm³/mol. The first-order valence-corrected chi connectivity index (χ1v) is 6.83. The number of nitrogen functional groups attached to an aromatic ring is 1. The van der Waals surface area contributed by atoms with Crippen LogP contribution in [0.1, 0.15) is 10.4 Å². The maximum atomic E-state index is 12.1. The van der Waals surface area contributed by atoms with Crippen LogP contribution in [0.25, 0.3) is 0 Å². The van der Waals surface area contributed by atoms with E-state index in [0.717, 1.165) is 5.82 Å². The van der Waals surface area contributed by atoms with Crippen LogP contribution in [0.3, 0.4) is 0 Å². The Morgan fingerprint density at radius 2 is 1.86 bits per heavy atom. The summed E-state index contributed by atoms with van der Waals surface area (Å²) in [6.07, 6.45) is 1.58. The molecule has 1 aromatic heterocycles. The van der Waals surface area contributed by atoms with E-state index >= 15 is 0 Å². The molecule has 2 rings (SSSR count). The first kappa shape index (κ1) is 15.4. The number of nitrogens with zero attached hydrogens (tertiary/aromatic N) is 2. The molecule has 2 aromatic rings. The van der Waals surface area contributed by atoms with Gasteiger partial charge < -0.3 is 16.0 Å². The number of rotatable bonds is 3. The fourth-order valence-electron chi connectivity index (χ4n) is 1.64. The molecule has 1 amide bonds. The summed E-state index contributed by atoms with van der Waals surface area (Å²) in [4.78, 5) is 18.2. The van der Waals surface area contributed by atoms with Gasteiger partial charge in [0.25, 0.3) is 5.91 Å². The molecule has 0 spiro atoms. The standard InChI is InChI=1S/C14H14Cl2N4O/c1-20(2)12-4-3-9(7-18-12)19-14(21)8-5-10(15)13(17)11(16)6-8/h3-7H,17H2,1-2H3,(H,19,21). The van der Waals surface area contributed by atoms with E-state index < -0.39 is 0 Å². The van der Waals surface area contributed by atoms with Crippen molar-refractivity contribution in [3.8, 4) is 0 Å². The van der Waals surface area contributed by atoms with Gasteiger partial charge in [-0.2, -0.15) is 0 Å². The number of benzene rings is 1. The van der Waals surface area contributed by atoms with Gasteiger partial charge in [0.05, 0.1) is 27.6 Å². The first-order valence-electron chi connectivity index (χ1n) is 6.07. The molecule has 1 aromatic carbocycles. The van der Waals surface area contributed by atoms with Gasteiger partial charge in [0.2, 0.25) is 0 Å². The van der Waals surface area contributed by atoms with Crippen molar-refractivity contribution in [3.05, 3.63) is 46.1 Å². The molecule has 0 aliphatic rings. The Bertz CT molecular complexity index is 648. The summed E-state index contributed by atoms with van der Waals surface area (Å²) in [5, 5.41) is 3.21. The van der Waals surface area contributed by atoms with Gasteiger partial charge >= 0.3 is 0 Å². The normalized spacial score (nSPS) is 10.3. The van der Waals surface area contributed by atoms with Crippen molar-refractivity contribution in [3.63, 3.8) is 0 Å². The lowest BCUT2D eigenvalue weighted by atomic mass is 10.2. The molecule has 21 heavy (non-hydrogen) atoms. The number of hydrogen-bond acceptors (Lipinski definition) is 4. The highest BCUT2D eigenvalue weighted by Crippen LogP contribution is 2.29. The zero-order chi connectivity index (χ0) is 15.6. The van der Waals surface area contributed by atoms with Gasteiger partial charge in [0, 0.05) is 19.7 Å². The second-order valence-electron chi connectivity index (χ2n) is 4.61. The summed E-state index contributed by atoms with van der Waals surface area (Å²) < 4.78 is 0. The van der Waals surface area contributed by atoms with Crippen molar-refractivity contribution in [1.82, 2.24) is 4.98 Å². The smallest absolute Gasteiger partial charge is 0.255 e. The Morgan fingerprint density at radius 1 is 1.24 bits per heavy atom. The van der Waals surface area contributed by atoms with Crippen LogP contribution in [-0.4, -0.2) is 25.0 Å². The zero-order valence-electron chi connectivity index (χ0n) is 11.5. The summed E-state index contributed by atoms with van der Waals surface area (Å²) in [5.74, 6) is 0.463. The van der Waals surface area contributed by atoms with E-state index in [9.17, 15) is 4.79 Å². The Hall–Kier alpha value is -1.98. The number of amides is 1. The number of anilines is 3. The molecule has 0 aliphatic carbocycles. The second kappa shape index (κ2) is 6.20. The number of hydrogen-bond donors (Lipinski definition) is 2.